The van der Waals surface area contributed by atoms with Gasteiger partial charge in [0.05, 0.1) is 6.54 Å². The lowest BCUT2D eigenvalue weighted by molar-refractivity contribution is -0.138. The van der Waals surface area contributed by atoms with Crippen molar-refractivity contribution in [2.75, 3.05) is 26.8 Å². The Morgan fingerprint density at radius 1 is 1.35 bits per heavy atom. The first-order valence-electron chi connectivity index (χ1n) is 7.69. The molecule has 6 nitrogen and oxygen atoms in total. The number of aromatic nitrogens is 2. The van der Waals surface area contributed by atoms with Crippen LogP contribution >= 0.6 is 11.3 Å². The van der Waals surface area contributed by atoms with Crippen LogP contribution in [-0.4, -0.2) is 48.1 Å². The van der Waals surface area contributed by atoms with Crippen LogP contribution in [0, 0.1) is 5.21 Å². The van der Waals surface area contributed by atoms with Crippen LogP contribution in [0.25, 0.3) is 0 Å². The Bertz CT molecular complexity index is 512. The van der Waals surface area contributed by atoms with Gasteiger partial charge in [0.15, 0.2) is 6.17 Å². The second-order valence-electron chi connectivity index (χ2n) is 5.89. The number of quaternary nitrogens is 1. The monoisotopic (exact) mass is 353 g/mol. The summed E-state index contributed by atoms with van der Waals surface area (Å²) in [7, 11) is 1.77. The maximum atomic E-state index is 13.1. The maximum Gasteiger partial charge on any atom is 0.445 e. The van der Waals surface area contributed by atoms with Gasteiger partial charge in [0.1, 0.15) is 6.67 Å². The van der Waals surface area contributed by atoms with E-state index in [2.05, 4.69) is 22.4 Å². The molecule has 0 aliphatic carbocycles. The zero-order valence-electron chi connectivity index (χ0n) is 13.3. The van der Waals surface area contributed by atoms with E-state index in [-0.39, 0.29) is 11.8 Å². The largest absolute Gasteiger partial charge is 0.623 e. The van der Waals surface area contributed by atoms with Crippen LogP contribution in [0.3, 0.4) is 0 Å². The van der Waals surface area contributed by atoms with Gasteiger partial charge in [0.2, 0.25) is 5.01 Å². The predicted molar refractivity (Wildman–Crippen MR) is 83.5 cm³/mol. The molecular formula is C13H22F3N5OS. The number of unbranched alkanes of at least 4 members (excludes halogenated alkanes) is 3. The van der Waals surface area contributed by atoms with Crippen LogP contribution in [0.4, 0.5) is 18.3 Å². The molecule has 0 bridgehead atoms. The number of hydrogen-bond donors (Lipinski definition) is 1. The molecule has 2 rings (SSSR count). The molecule has 1 fully saturated rings. The van der Waals surface area contributed by atoms with Crippen molar-refractivity contribution in [2.24, 2.45) is 0 Å². The first kappa shape index (κ1) is 18.5. The van der Waals surface area contributed by atoms with Crippen LogP contribution in [-0.2, 0) is 6.18 Å². The molecule has 0 spiro atoms. The summed E-state index contributed by atoms with van der Waals surface area (Å²) in [6, 6.07) is 0. The highest BCUT2D eigenvalue weighted by molar-refractivity contribution is 7.15. The SMILES string of the molecule is CCCCCCNC1CN(C)C[N+]1([O-])c1nnc(C(F)(F)F)s1. The number of nitrogens with one attached hydrogen (secondary N) is 1. The Labute approximate surface area is 137 Å². The van der Waals surface area contributed by atoms with Crippen LogP contribution in [0.1, 0.15) is 37.6 Å². The normalized spacial score (nSPS) is 26.1. The lowest BCUT2D eigenvalue weighted by atomic mass is 10.2. The van der Waals surface area contributed by atoms with Crippen LogP contribution < -0.4 is 9.96 Å². The van der Waals surface area contributed by atoms with Crippen molar-refractivity contribution in [2.45, 2.75) is 44.9 Å². The Morgan fingerprint density at radius 3 is 2.70 bits per heavy atom. The number of hydrogen-bond acceptors (Lipinski definition) is 6. The van der Waals surface area contributed by atoms with E-state index in [0.717, 1.165) is 25.7 Å². The zero-order valence-corrected chi connectivity index (χ0v) is 14.1. The third-order valence-electron chi connectivity index (χ3n) is 3.83. The molecule has 1 N–H and O–H groups in total. The summed E-state index contributed by atoms with van der Waals surface area (Å²) in [6.07, 6.45) is -0.812. The predicted octanol–water partition coefficient (Wildman–Crippen LogP) is 2.76. The molecule has 1 aromatic heterocycles. The third kappa shape index (κ3) is 4.38. The first-order valence-corrected chi connectivity index (χ1v) is 8.51. The first-order chi connectivity index (χ1) is 10.8. The number of rotatable bonds is 7. The standard InChI is InChI=1S/C13H22F3N5OS/c1-3-4-5-6-7-17-10-8-20(2)9-21(10,22)12-19-18-11(23-12)13(14,15)16/h10,17H,3-9H2,1-2H3. The topological polar surface area (TPSA) is 64.1 Å². The quantitative estimate of drug-likeness (QED) is 0.464. The number of hydroxylamine groups is 2. The van der Waals surface area contributed by atoms with Crippen molar-refractivity contribution in [1.29, 1.82) is 0 Å². The van der Waals surface area contributed by atoms with Gasteiger partial charge in [-0.25, -0.2) is 0 Å². The summed E-state index contributed by atoms with van der Waals surface area (Å²) in [5.41, 5.74) is 0. The Morgan fingerprint density at radius 2 is 2.09 bits per heavy atom. The van der Waals surface area contributed by atoms with Crippen LogP contribution in [0.5, 0.6) is 0 Å². The van der Waals surface area contributed by atoms with Gasteiger partial charge in [-0.05, 0) is 24.8 Å². The summed E-state index contributed by atoms with van der Waals surface area (Å²) in [6.45, 7) is 3.33. The van der Waals surface area contributed by atoms with Gasteiger partial charge in [0.25, 0.3) is 0 Å². The molecule has 10 heteroatoms. The smallest absolute Gasteiger partial charge is 0.445 e. The Balaban J connectivity index is 2.05. The zero-order chi connectivity index (χ0) is 17.1. The fourth-order valence-electron chi connectivity index (χ4n) is 2.65. The van der Waals surface area contributed by atoms with E-state index in [1.54, 1.807) is 11.9 Å². The second-order valence-corrected chi connectivity index (χ2v) is 6.85. The molecular weight excluding hydrogens is 331 g/mol. The average molecular weight is 353 g/mol. The van der Waals surface area contributed by atoms with E-state index in [1.165, 1.54) is 0 Å². The van der Waals surface area contributed by atoms with Gasteiger partial charge in [-0.2, -0.15) is 13.2 Å². The van der Waals surface area contributed by atoms with Crippen molar-refractivity contribution in [3.8, 4) is 0 Å². The summed E-state index contributed by atoms with van der Waals surface area (Å²) in [5, 5.41) is 21.7. The van der Waals surface area contributed by atoms with E-state index in [4.69, 9.17) is 0 Å². The van der Waals surface area contributed by atoms with Gasteiger partial charge < -0.3 is 5.21 Å². The molecule has 2 unspecified atom stereocenters. The molecule has 1 aliphatic rings. The van der Waals surface area contributed by atoms with Gasteiger partial charge >= 0.3 is 11.3 Å². The molecule has 1 saturated heterocycles. The molecule has 1 aromatic rings. The minimum atomic E-state index is -4.57. The maximum absolute atomic E-state index is 13.1. The Kier molecular flexibility index (Phi) is 5.95. The lowest BCUT2D eigenvalue weighted by Gasteiger charge is -2.39. The van der Waals surface area contributed by atoms with E-state index in [9.17, 15) is 18.4 Å². The van der Waals surface area contributed by atoms with Crippen molar-refractivity contribution in [1.82, 2.24) is 25.1 Å². The number of halogens is 3. The lowest BCUT2D eigenvalue weighted by Crippen LogP contribution is -2.56. The molecule has 1 aliphatic heterocycles. The molecule has 0 saturated carbocycles. The summed E-state index contributed by atoms with van der Waals surface area (Å²) in [4.78, 5) is 1.80. The highest BCUT2D eigenvalue weighted by atomic mass is 32.1. The molecule has 132 valence electrons. The fourth-order valence-corrected chi connectivity index (χ4v) is 3.44. The Hall–Kier alpha value is -0.810. The fraction of sp³-hybridized carbons (Fsp3) is 0.846. The van der Waals surface area contributed by atoms with E-state index in [0.29, 0.717) is 24.4 Å². The molecule has 23 heavy (non-hydrogen) atoms. The highest BCUT2D eigenvalue weighted by Gasteiger charge is 2.45. The number of alkyl halides is 3. The van der Waals surface area contributed by atoms with Crippen molar-refractivity contribution in [3.63, 3.8) is 0 Å². The van der Waals surface area contributed by atoms with Gasteiger partial charge in [-0.3, -0.25) is 14.9 Å². The molecule has 0 aromatic carbocycles. The molecule has 2 heterocycles. The van der Waals surface area contributed by atoms with Crippen LogP contribution in [0.15, 0.2) is 0 Å². The van der Waals surface area contributed by atoms with E-state index < -0.39 is 22.0 Å². The number of nitrogens with zero attached hydrogens (tertiary/aromatic N) is 4. The summed E-state index contributed by atoms with van der Waals surface area (Å²) in [5.74, 6) is 0. The van der Waals surface area contributed by atoms with E-state index >= 15 is 0 Å². The van der Waals surface area contributed by atoms with Crippen molar-refractivity contribution < 1.29 is 13.2 Å². The summed E-state index contributed by atoms with van der Waals surface area (Å²) < 4.78 is 37.1. The van der Waals surface area contributed by atoms with Gasteiger partial charge in [0, 0.05) is 6.54 Å². The second kappa shape index (κ2) is 7.39. The van der Waals surface area contributed by atoms with Crippen molar-refractivity contribution in [3.05, 3.63) is 10.2 Å². The van der Waals surface area contributed by atoms with Crippen LogP contribution in [0.2, 0.25) is 0 Å². The molecule has 2 atom stereocenters. The molecule has 0 radical (unpaired) electrons. The van der Waals surface area contributed by atoms with Gasteiger partial charge in [-0.15, -0.1) is 5.10 Å². The average Bonchev–Trinajstić information content (AvgIpc) is 3.04. The van der Waals surface area contributed by atoms with E-state index in [1.807, 2.05) is 0 Å². The number of likely N-dealkylation sites (N-methyl/N-ethyl adjacent to an activating group) is 1. The van der Waals surface area contributed by atoms with Crippen molar-refractivity contribution >= 4 is 16.5 Å². The minimum Gasteiger partial charge on any atom is -0.623 e. The summed E-state index contributed by atoms with van der Waals surface area (Å²) >= 11 is 0.335. The minimum absolute atomic E-state index is 0.0686. The third-order valence-corrected chi connectivity index (χ3v) is 4.91. The highest BCUT2D eigenvalue weighted by Crippen LogP contribution is 2.38. The van der Waals surface area contributed by atoms with Gasteiger partial charge in [-0.1, -0.05) is 31.3 Å². The molecule has 0 amide bonds.